The first kappa shape index (κ1) is 16.1. The molecule has 0 bridgehead atoms. The SMILES string of the molecule is CCc1ccc2nc(-c3ccc([N+](=O)[O-])cc3)cc(CCO)c2c1. The summed E-state index contributed by atoms with van der Waals surface area (Å²) in [5, 5.41) is 21.2. The van der Waals surface area contributed by atoms with Crippen LogP contribution in [0, 0.1) is 10.1 Å². The normalized spacial score (nSPS) is 10.9. The molecule has 0 atom stereocenters. The van der Waals surface area contributed by atoms with Crippen LogP contribution in [0.1, 0.15) is 18.1 Å². The Kier molecular flexibility index (Phi) is 4.53. The van der Waals surface area contributed by atoms with Crippen LogP contribution in [0.3, 0.4) is 0 Å². The zero-order chi connectivity index (χ0) is 17.1. The van der Waals surface area contributed by atoms with E-state index in [9.17, 15) is 15.2 Å². The number of fused-ring (bicyclic) bond motifs is 1. The molecule has 3 aromatic rings. The molecule has 24 heavy (non-hydrogen) atoms. The smallest absolute Gasteiger partial charge is 0.269 e. The predicted octanol–water partition coefficient (Wildman–Crippen LogP) is 3.91. The van der Waals surface area contributed by atoms with Crippen molar-refractivity contribution in [2.45, 2.75) is 19.8 Å². The van der Waals surface area contributed by atoms with E-state index < -0.39 is 4.92 Å². The lowest BCUT2D eigenvalue weighted by atomic mass is 10.00. The Balaban J connectivity index is 2.12. The molecular weight excluding hydrogens is 304 g/mol. The Morgan fingerprint density at radius 2 is 1.88 bits per heavy atom. The maximum atomic E-state index is 10.8. The van der Waals surface area contributed by atoms with Gasteiger partial charge in [0.25, 0.3) is 5.69 Å². The second-order valence-electron chi connectivity index (χ2n) is 5.65. The monoisotopic (exact) mass is 322 g/mol. The highest BCUT2D eigenvalue weighted by molar-refractivity contribution is 5.86. The summed E-state index contributed by atoms with van der Waals surface area (Å²) in [7, 11) is 0. The van der Waals surface area contributed by atoms with Crippen LogP contribution in [0.25, 0.3) is 22.2 Å². The van der Waals surface area contributed by atoms with Gasteiger partial charge in [0.15, 0.2) is 0 Å². The lowest BCUT2D eigenvalue weighted by Gasteiger charge is -2.10. The number of nitro groups is 1. The number of aryl methyl sites for hydroxylation is 1. The van der Waals surface area contributed by atoms with Gasteiger partial charge in [-0.05, 0) is 54.3 Å². The number of nitrogens with zero attached hydrogens (tertiary/aromatic N) is 2. The van der Waals surface area contributed by atoms with Gasteiger partial charge in [-0.15, -0.1) is 0 Å². The lowest BCUT2D eigenvalue weighted by molar-refractivity contribution is -0.384. The zero-order valence-corrected chi connectivity index (χ0v) is 13.4. The van der Waals surface area contributed by atoms with Gasteiger partial charge in [0, 0.05) is 29.7 Å². The number of hydrogen-bond donors (Lipinski definition) is 1. The molecule has 0 amide bonds. The Morgan fingerprint density at radius 1 is 1.12 bits per heavy atom. The minimum absolute atomic E-state index is 0.0581. The molecule has 0 fully saturated rings. The Labute approximate surface area is 139 Å². The fraction of sp³-hybridized carbons (Fsp3) is 0.211. The highest BCUT2D eigenvalue weighted by atomic mass is 16.6. The van der Waals surface area contributed by atoms with Crippen LogP contribution in [0.5, 0.6) is 0 Å². The molecule has 3 rings (SSSR count). The van der Waals surface area contributed by atoms with Crippen LogP contribution in [-0.2, 0) is 12.8 Å². The first-order chi connectivity index (χ1) is 11.6. The molecule has 0 aliphatic rings. The molecule has 1 aromatic heterocycles. The number of benzene rings is 2. The van der Waals surface area contributed by atoms with Crippen molar-refractivity contribution < 1.29 is 10.0 Å². The Hall–Kier alpha value is -2.79. The molecule has 0 saturated carbocycles. The molecule has 0 aliphatic heterocycles. The van der Waals surface area contributed by atoms with Crippen LogP contribution >= 0.6 is 0 Å². The maximum absolute atomic E-state index is 10.8. The summed E-state index contributed by atoms with van der Waals surface area (Å²) >= 11 is 0. The van der Waals surface area contributed by atoms with Gasteiger partial charge in [0.05, 0.1) is 16.1 Å². The average Bonchev–Trinajstić information content (AvgIpc) is 2.61. The van der Waals surface area contributed by atoms with Crippen molar-refractivity contribution in [3.63, 3.8) is 0 Å². The summed E-state index contributed by atoms with van der Waals surface area (Å²) in [6.07, 6.45) is 1.49. The molecule has 0 aliphatic carbocycles. The summed E-state index contributed by atoms with van der Waals surface area (Å²) < 4.78 is 0. The second-order valence-corrected chi connectivity index (χ2v) is 5.65. The van der Waals surface area contributed by atoms with Crippen LogP contribution in [0.2, 0.25) is 0 Å². The molecule has 0 unspecified atom stereocenters. The van der Waals surface area contributed by atoms with Gasteiger partial charge in [0.2, 0.25) is 0 Å². The molecule has 0 spiro atoms. The fourth-order valence-corrected chi connectivity index (χ4v) is 2.79. The van der Waals surface area contributed by atoms with Crippen molar-refractivity contribution in [2.24, 2.45) is 0 Å². The third kappa shape index (κ3) is 3.12. The first-order valence-corrected chi connectivity index (χ1v) is 7.90. The molecule has 1 N–H and O–H groups in total. The van der Waals surface area contributed by atoms with Gasteiger partial charge in [-0.2, -0.15) is 0 Å². The molecule has 122 valence electrons. The van der Waals surface area contributed by atoms with E-state index in [-0.39, 0.29) is 12.3 Å². The van der Waals surface area contributed by atoms with Gasteiger partial charge in [-0.25, -0.2) is 4.98 Å². The van der Waals surface area contributed by atoms with E-state index in [2.05, 4.69) is 24.0 Å². The molecule has 0 radical (unpaired) electrons. The quantitative estimate of drug-likeness (QED) is 0.571. The van der Waals surface area contributed by atoms with Crippen molar-refractivity contribution in [3.05, 3.63) is 69.8 Å². The van der Waals surface area contributed by atoms with Gasteiger partial charge >= 0.3 is 0 Å². The summed E-state index contributed by atoms with van der Waals surface area (Å²) in [4.78, 5) is 15.1. The summed E-state index contributed by atoms with van der Waals surface area (Å²) in [6.45, 7) is 2.17. The van der Waals surface area contributed by atoms with Crippen molar-refractivity contribution >= 4 is 16.6 Å². The molecular formula is C19H18N2O3. The number of aromatic nitrogens is 1. The van der Waals surface area contributed by atoms with E-state index in [0.29, 0.717) is 6.42 Å². The van der Waals surface area contributed by atoms with E-state index in [4.69, 9.17) is 0 Å². The maximum Gasteiger partial charge on any atom is 0.269 e. The number of hydrogen-bond acceptors (Lipinski definition) is 4. The van der Waals surface area contributed by atoms with Crippen molar-refractivity contribution in [2.75, 3.05) is 6.61 Å². The van der Waals surface area contributed by atoms with E-state index in [1.54, 1.807) is 12.1 Å². The van der Waals surface area contributed by atoms with E-state index in [0.717, 1.165) is 34.1 Å². The number of aliphatic hydroxyl groups is 1. The van der Waals surface area contributed by atoms with Gasteiger partial charge in [0.1, 0.15) is 0 Å². The van der Waals surface area contributed by atoms with Crippen LogP contribution in [0.4, 0.5) is 5.69 Å². The predicted molar refractivity (Wildman–Crippen MR) is 94.0 cm³/mol. The standard InChI is InChI=1S/C19H18N2O3/c1-2-13-3-8-18-17(11-13)15(9-10-22)12-19(20-18)14-4-6-16(7-5-14)21(23)24/h3-8,11-12,22H,2,9-10H2,1H3. The molecule has 1 heterocycles. The number of rotatable bonds is 5. The zero-order valence-electron chi connectivity index (χ0n) is 13.4. The third-order valence-corrected chi connectivity index (χ3v) is 4.12. The first-order valence-electron chi connectivity index (χ1n) is 7.90. The van der Waals surface area contributed by atoms with Crippen molar-refractivity contribution in [1.82, 2.24) is 4.98 Å². The Bertz CT molecular complexity index is 889. The summed E-state index contributed by atoms with van der Waals surface area (Å²) in [5.41, 5.74) is 4.76. The highest BCUT2D eigenvalue weighted by Gasteiger charge is 2.10. The molecule has 2 aromatic carbocycles. The van der Waals surface area contributed by atoms with E-state index in [1.807, 2.05) is 12.1 Å². The van der Waals surface area contributed by atoms with E-state index in [1.165, 1.54) is 17.7 Å². The van der Waals surface area contributed by atoms with Crippen LogP contribution in [0.15, 0.2) is 48.5 Å². The Morgan fingerprint density at radius 3 is 2.50 bits per heavy atom. The topological polar surface area (TPSA) is 76.3 Å². The number of nitro benzene ring substituents is 1. The third-order valence-electron chi connectivity index (χ3n) is 4.12. The van der Waals surface area contributed by atoms with Gasteiger partial charge in [-0.1, -0.05) is 13.0 Å². The molecule has 0 saturated heterocycles. The van der Waals surface area contributed by atoms with Gasteiger partial charge in [-0.3, -0.25) is 10.1 Å². The van der Waals surface area contributed by atoms with E-state index >= 15 is 0 Å². The van der Waals surface area contributed by atoms with Crippen molar-refractivity contribution in [1.29, 1.82) is 0 Å². The average molecular weight is 322 g/mol. The minimum Gasteiger partial charge on any atom is -0.396 e. The molecule has 5 heteroatoms. The second kappa shape index (κ2) is 6.76. The van der Waals surface area contributed by atoms with Crippen LogP contribution < -0.4 is 0 Å². The minimum atomic E-state index is -0.416. The highest BCUT2D eigenvalue weighted by Crippen LogP contribution is 2.27. The molecule has 5 nitrogen and oxygen atoms in total. The largest absolute Gasteiger partial charge is 0.396 e. The number of pyridine rings is 1. The van der Waals surface area contributed by atoms with Gasteiger partial charge < -0.3 is 5.11 Å². The number of non-ortho nitro benzene ring substituents is 1. The number of aliphatic hydroxyl groups excluding tert-OH is 1. The summed E-state index contributed by atoms with van der Waals surface area (Å²) in [6, 6.07) is 14.5. The lowest BCUT2D eigenvalue weighted by Crippen LogP contribution is -1.97. The van der Waals surface area contributed by atoms with Crippen LogP contribution in [-0.4, -0.2) is 21.6 Å². The fourth-order valence-electron chi connectivity index (χ4n) is 2.79. The van der Waals surface area contributed by atoms with Crippen molar-refractivity contribution in [3.8, 4) is 11.3 Å². The summed E-state index contributed by atoms with van der Waals surface area (Å²) in [5.74, 6) is 0.